The average molecular weight is 386 g/mol. The van der Waals surface area contributed by atoms with Gasteiger partial charge in [0.1, 0.15) is 6.33 Å². The molecule has 6 nitrogen and oxygen atoms in total. The van der Waals surface area contributed by atoms with Crippen LogP contribution >= 0.6 is 23.4 Å². The van der Waals surface area contributed by atoms with Crippen LogP contribution in [-0.2, 0) is 12.8 Å². The topological polar surface area (TPSA) is 72.2 Å². The molecular formula is C18H16ClN5OS. The van der Waals surface area contributed by atoms with Crippen LogP contribution in [-0.4, -0.2) is 26.9 Å². The number of halogens is 1. The number of nitrogens with zero attached hydrogens (tertiary/aromatic N) is 4. The summed E-state index contributed by atoms with van der Waals surface area (Å²) >= 11 is 7.49. The molecule has 0 aliphatic heterocycles. The summed E-state index contributed by atoms with van der Waals surface area (Å²) in [7, 11) is 1.90. The van der Waals surface area contributed by atoms with E-state index < -0.39 is 0 Å². The Morgan fingerprint density at radius 1 is 1.31 bits per heavy atom. The maximum absolute atomic E-state index is 12.1. The molecule has 0 spiro atoms. The minimum atomic E-state index is -0.268. The summed E-state index contributed by atoms with van der Waals surface area (Å²) in [5.74, 6) is 0.484. The maximum atomic E-state index is 12.1. The van der Waals surface area contributed by atoms with Crippen LogP contribution in [0.15, 0.2) is 65.1 Å². The summed E-state index contributed by atoms with van der Waals surface area (Å²) in [5, 5.41) is 13.3. The molecule has 8 heteroatoms. The zero-order valence-corrected chi connectivity index (χ0v) is 15.5. The van der Waals surface area contributed by atoms with Crippen molar-refractivity contribution < 1.29 is 4.79 Å². The van der Waals surface area contributed by atoms with Crippen LogP contribution in [0.4, 0.5) is 0 Å². The van der Waals surface area contributed by atoms with Gasteiger partial charge in [-0.3, -0.25) is 4.79 Å². The van der Waals surface area contributed by atoms with Gasteiger partial charge in [0, 0.05) is 23.4 Å². The fraction of sp³-hybridized carbons (Fsp3) is 0.111. The van der Waals surface area contributed by atoms with Crippen LogP contribution in [0.3, 0.4) is 0 Å². The molecule has 132 valence electrons. The average Bonchev–Trinajstić information content (AvgIpc) is 3.05. The van der Waals surface area contributed by atoms with Gasteiger partial charge >= 0.3 is 0 Å². The minimum Gasteiger partial charge on any atom is -0.312 e. The standard InChI is InChI=1S/C18H16ClN5OS/c1-24-12-21-23-18(24)26-11-13-5-7-15(8-6-13)17(25)22-20-10-14-3-2-4-16(19)9-14/h2-10,12H,11H2,1H3,(H,22,25)/b20-10+. The Morgan fingerprint density at radius 3 is 2.81 bits per heavy atom. The van der Waals surface area contributed by atoms with E-state index in [0.29, 0.717) is 10.6 Å². The molecule has 0 atom stereocenters. The van der Waals surface area contributed by atoms with Crippen LogP contribution in [0.5, 0.6) is 0 Å². The number of hydrogen-bond donors (Lipinski definition) is 1. The molecule has 1 aromatic heterocycles. The van der Waals surface area contributed by atoms with Gasteiger partial charge in [-0.25, -0.2) is 5.43 Å². The first kappa shape index (κ1) is 18.2. The first-order valence-electron chi connectivity index (χ1n) is 7.76. The molecule has 0 fully saturated rings. The van der Waals surface area contributed by atoms with E-state index in [4.69, 9.17) is 11.6 Å². The number of carbonyl (C=O) groups excluding carboxylic acids is 1. The van der Waals surface area contributed by atoms with Crippen LogP contribution < -0.4 is 5.43 Å². The highest BCUT2D eigenvalue weighted by molar-refractivity contribution is 7.98. The normalized spacial score (nSPS) is 11.0. The van der Waals surface area contributed by atoms with Crippen molar-refractivity contribution in [2.24, 2.45) is 12.1 Å². The third kappa shape index (κ3) is 4.93. The van der Waals surface area contributed by atoms with Crippen LogP contribution in [0, 0.1) is 0 Å². The van der Waals surface area contributed by atoms with Crippen LogP contribution in [0.2, 0.25) is 5.02 Å². The lowest BCUT2D eigenvalue weighted by Gasteiger charge is -2.03. The Balaban J connectivity index is 1.54. The summed E-state index contributed by atoms with van der Waals surface area (Å²) in [6.07, 6.45) is 3.22. The molecule has 2 aromatic carbocycles. The molecule has 0 radical (unpaired) electrons. The smallest absolute Gasteiger partial charge is 0.271 e. The first-order valence-corrected chi connectivity index (χ1v) is 9.13. The highest BCUT2D eigenvalue weighted by Crippen LogP contribution is 2.20. The van der Waals surface area contributed by atoms with Crippen LogP contribution in [0.25, 0.3) is 0 Å². The van der Waals surface area contributed by atoms with Crippen molar-refractivity contribution in [1.29, 1.82) is 0 Å². The summed E-state index contributed by atoms with van der Waals surface area (Å²) < 4.78 is 1.87. The summed E-state index contributed by atoms with van der Waals surface area (Å²) in [5.41, 5.74) is 4.96. The lowest BCUT2D eigenvalue weighted by molar-refractivity contribution is 0.0955. The third-order valence-electron chi connectivity index (χ3n) is 3.48. The maximum Gasteiger partial charge on any atom is 0.271 e. The molecule has 0 unspecified atom stereocenters. The molecule has 26 heavy (non-hydrogen) atoms. The van der Waals surface area contributed by atoms with E-state index in [0.717, 1.165) is 22.0 Å². The predicted molar refractivity (Wildman–Crippen MR) is 104 cm³/mol. The summed E-state index contributed by atoms with van der Waals surface area (Å²) in [6, 6.07) is 14.6. The van der Waals surface area contributed by atoms with Crippen molar-refractivity contribution in [1.82, 2.24) is 20.2 Å². The fourth-order valence-electron chi connectivity index (χ4n) is 2.12. The van der Waals surface area contributed by atoms with Crippen molar-refractivity contribution in [2.45, 2.75) is 10.9 Å². The van der Waals surface area contributed by atoms with E-state index in [2.05, 4.69) is 20.7 Å². The zero-order chi connectivity index (χ0) is 18.4. The Bertz CT molecular complexity index is 923. The highest BCUT2D eigenvalue weighted by Gasteiger charge is 2.06. The fourth-order valence-corrected chi connectivity index (χ4v) is 3.16. The number of aryl methyl sites for hydroxylation is 1. The monoisotopic (exact) mass is 385 g/mol. The Kier molecular flexibility index (Phi) is 6.04. The SMILES string of the molecule is Cn1cnnc1SCc1ccc(C(=O)N/N=C/c2cccc(Cl)c2)cc1. The third-order valence-corrected chi connectivity index (χ3v) is 4.82. The molecule has 0 saturated carbocycles. The molecule has 0 aliphatic carbocycles. The van der Waals surface area contributed by atoms with Crippen molar-refractivity contribution in [3.63, 3.8) is 0 Å². The van der Waals surface area contributed by atoms with Gasteiger partial charge in [0.15, 0.2) is 5.16 Å². The van der Waals surface area contributed by atoms with Crippen molar-refractivity contribution in [3.05, 3.63) is 76.6 Å². The Labute approximate surface area is 160 Å². The van der Waals surface area contributed by atoms with Crippen molar-refractivity contribution in [3.8, 4) is 0 Å². The molecule has 1 N–H and O–H groups in total. The number of benzene rings is 2. The molecule has 0 bridgehead atoms. The Morgan fingerprint density at radius 2 is 2.12 bits per heavy atom. The van der Waals surface area contributed by atoms with Gasteiger partial charge in [0.25, 0.3) is 5.91 Å². The predicted octanol–water partition coefficient (Wildman–Crippen LogP) is 3.52. The zero-order valence-electron chi connectivity index (χ0n) is 14.0. The van der Waals surface area contributed by atoms with E-state index in [1.165, 1.54) is 0 Å². The second-order valence-electron chi connectivity index (χ2n) is 5.46. The Hall–Kier alpha value is -2.64. The number of amides is 1. The number of rotatable bonds is 6. The van der Waals surface area contributed by atoms with Gasteiger partial charge in [-0.2, -0.15) is 5.10 Å². The molecule has 0 saturated heterocycles. The molecule has 1 amide bonds. The quantitative estimate of drug-likeness (QED) is 0.400. The number of carbonyl (C=O) groups is 1. The largest absolute Gasteiger partial charge is 0.312 e. The van der Waals surface area contributed by atoms with Gasteiger partial charge < -0.3 is 4.57 Å². The molecular weight excluding hydrogens is 370 g/mol. The van der Waals surface area contributed by atoms with Gasteiger partial charge in [0.2, 0.25) is 0 Å². The van der Waals surface area contributed by atoms with Crippen LogP contribution in [0.1, 0.15) is 21.5 Å². The molecule has 3 aromatic rings. The minimum absolute atomic E-state index is 0.268. The van der Waals surface area contributed by atoms with Gasteiger partial charge in [-0.05, 0) is 35.4 Å². The summed E-state index contributed by atoms with van der Waals surface area (Å²) in [6.45, 7) is 0. The van der Waals surface area contributed by atoms with Crippen molar-refractivity contribution >= 4 is 35.5 Å². The number of hydrazone groups is 1. The lowest BCUT2D eigenvalue weighted by atomic mass is 10.1. The molecule has 1 heterocycles. The second kappa shape index (κ2) is 8.64. The highest BCUT2D eigenvalue weighted by atomic mass is 35.5. The van der Waals surface area contributed by atoms with E-state index in [1.807, 2.05) is 35.9 Å². The number of aromatic nitrogens is 3. The van der Waals surface area contributed by atoms with Crippen molar-refractivity contribution in [2.75, 3.05) is 0 Å². The van der Waals surface area contributed by atoms with E-state index in [-0.39, 0.29) is 5.91 Å². The van der Waals surface area contributed by atoms with E-state index in [9.17, 15) is 4.79 Å². The van der Waals surface area contributed by atoms with Gasteiger partial charge in [-0.1, -0.05) is 47.6 Å². The van der Waals surface area contributed by atoms with E-state index >= 15 is 0 Å². The summed E-state index contributed by atoms with van der Waals surface area (Å²) in [4.78, 5) is 12.1. The second-order valence-corrected chi connectivity index (χ2v) is 6.84. The lowest BCUT2D eigenvalue weighted by Crippen LogP contribution is -2.17. The first-order chi connectivity index (χ1) is 12.6. The molecule has 3 rings (SSSR count). The number of nitrogens with one attached hydrogen (secondary N) is 1. The van der Waals surface area contributed by atoms with E-state index in [1.54, 1.807) is 48.6 Å². The molecule has 0 aliphatic rings. The van der Waals surface area contributed by atoms with Gasteiger partial charge in [-0.15, -0.1) is 10.2 Å². The van der Waals surface area contributed by atoms with Gasteiger partial charge in [0.05, 0.1) is 6.21 Å². The number of hydrogen-bond acceptors (Lipinski definition) is 5. The number of thioether (sulfide) groups is 1.